The first kappa shape index (κ1) is 17.0. The number of nitrogens with two attached hydrogens (primary N) is 1. The van der Waals surface area contributed by atoms with E-state index >= 15 is 0 Å². The Morgan fingerprint density at radius 2 is 1.75 bits per heavy atom. The average molecular weight is 299 g/mol. The molecule has 0 aliphatic carbocycles. The Bertz CT molecular complexity index is 522. The molecule has 1 aromatic carbocycles. The predicted octanol–water partition coefficient (Wildman–Crippen LogP) is 2.77. The second-order valence-corrected chi connectivity index (χ2v) is 7.20. The van der Waals surface area contributed by atoms with Crippen LogP contribution in [0.2, 0.25) is 0 Å². The van der Waals surface area contributed by atoms with Gasteiger partial charge in [-0.25, -0.2) is 8.42 Å². The van der Waals surface area contributed by atoms with Crippen molar-refractivity contribution in [1.82, 2.24) is 0 Å². The van der Waals surface area contributed by atoms with Crippen LogP contribution in [0.5, 0.6) is 5.75 Å². The highest BCUT2D eigenvalue weighted by atomic mass is 32.2. The number of hydrogen-bond donors (Lipinski definition) is 1. The molecule has 2 N–H and O–H groups in total. The lowest BCUT2D eigenvalue weighted by Crippen LogP contribution is -2.44. The van der Waals surface area contributed by atoms with Crippen molar-refractivity contribution in [3.05, 3.63) is 24.3 Å². The van der Waals surface area contributed by atoms with Crippen molar-refractivity contribution >= 4 is 9.84 Å². The smallest absolute Gasteiger partial charge is 0.182 e. The van der Waals surface area contributed by atoms with E-state index in [2.05, 4.69) is 0 Å². The Morgan fingerprint density at radius 1 is 1.15 bits per heavy atom. The zero-order valence-electron chi connectivity index (χ0n) is 12.6. The summed E-state index contributed by atoms with van der Waals surface area (Å²) in [7, 11) is -3.29. The molecule has 0 atom stereocenters. The Hall–Kier alpha value is -1.07. The first-order valence-corrected chi connectivity index (χ1v) is 8.77. The Labute approximate surface area is 122 Å². The van der Waals surface area contributed by atoms with Gasteiger partial charge in [0, 0.05) is 5.54 Å². The van der Waals surface area contributed by atoms with Crippen LogP contribution in [0.4, 0.5) is 0 Å². The summed E-state index contributed by atoms with van der Waals surface area (Å²) in [4.78, 5) is 0.261. The van der Waals surface area contributed by atoms with Crippen molar-refractivity contribution in [2.75, 3.05) is 12.4 Å². The molecule has 0 fully saturated rings. The summed E-state index contributed by atoms with van der Waals surface area (Å²) in [6, 6.07) is 6.77. The van der Waals surface area contributed by atoms with Crippen LogP contribution < -0.4 is 10.5 Å². The van der Waals surface area contributed by atoms with Gasteiger partial charge in [0.25, 0.3) is 0 Å². The molecule has 5 heteroatoms. The molecule has 0 unspecified atom stereocenters. The minimum atomic E-state index is -3.29. The van der Waals surface area contributed by atoms with Gasteiger partial charge < -0.3 is 10.5 Å². The lowest BCUT2D eigenvalue weighted by atomic mass is 9.96. The van der Waals surface area contributed by atoms with Crippen molar-refractivity contribution in [1.29, 1.82) is 0 Å². The third-order valence-electron chi connectivity index (χ3n) is 3.58. The van der Waals surface area contributed by atoms with E-state index in [-0.39, 0.29) is 10.6 Å². The van der Waals surface area contributed by atoms with Gasteiger partial charge in [-0.15, -0.1) is 0 Å². The predicted molar refractivity (Wildman–Crippen MR) is 81.8 cm³/mol. The topological polar surface area (TPSA) is 69.4 Å². The number of sulfone groups is 1. The summed E-state index contributed by atoms with van der Waals surface area (Å²) >= 11 is 0. The molecule has 114 valence electrons. The number of ether oxygens (including phenoxy) is 1. The lowest BCUT2D eigenvalue weighted by molar-refractivity contribution is 0.203. The molecular formula is C15H25NO3S. The van der Waals surface area contributed by atoms with Gasteiger partial charge >= 0.3 is 0 Å². The maximum absolute atomic E-state index is 12.2. The van der Waals surface area contributed by atoms with E-state index in [0.29, 0.717) is 18.8 Å². The van der Waals surface area contributed by atoms with E-state index in [9.17, 15) is 8.42 Å². The van der Waals surface area contributed by atoms with Gasteiger partial charge in [0.2, 0.25) is 0 Å². The fraction of sp³-hybridized carbons (Fsp3) is 0.600. The summed E-state index contributed by atoms with van der Waals surface area (Å²) in [6.45, 7) is 6.18. The first-order chi connectivity index (χ1) is 9.38. The van der Waals surface area contributed by atoms with Gasteiger partial charge in [0.05, 0.1) is 5.75 Å². The Morgan fingerprint density at radius 3 is 2.30 bits per heavy atom. The zero-order valence-corrected chi connectivity index (χ0v) is 13.4. The molecule has 0 heterocycles. The maximum Gasteiger partial charge on any atom is 0.182 e. The molecule has 0 bridgehead atoms. The molecule has 20 heavy (non-hydrogen) atoms. The molecule has 0 aliphatic rings. The SMILES string of the molecule is CCCS(=O)(=O)c1ccccc1OCC(N)(CC)CC. The quantitative estimate of drug-likeness (QED) is 0.801. The molecule has 0 spiro atoms. The van der Waals surface area contributed by atoms with E-state index in [1.54, 1.807) is 24.3 Å². The van der Waals surface area contributed by atoms with Gasteiger partial charge in [-0.2, -0.15) is 0 Å². The van der Waals surface area contributed by atoms with Crippen LogP contribution in [-0.4, -0.2) is 26.3 Å². The first-order valence-electron chi connectivity index (χ1n) is 7.12. The fourth-order valence-electron chi connectivity index (χ4n) is 1.88. The highest BCUT2D eigenvalue weighted by Gasteiger charge is 2.24. The maximum atomic E-state index is 12.2. The molecular weight excluding hydrogens is 274 g/mol. The minimum Gasteiger partial charge on any atom is -0.490 e. The van der Waals surface area contributed by atoms with Crippen molar-refractivity contribution < 1.29 is 13.2 Å². The summed E-state index contributed by atoms with van der Waals surface area (Å²) in [5.41, 5.74) is 5.77. The van der Waals surface area contributed by atoms with Crippen LogP contribution in [0.15, 0.2) is 29.2 Å². The highest BCUT2D eigenvalue weighted by Crippen LogP contribution is 2.26. The fourth-order valence-corrected chi connectivity index (χ4v) is 3.36. The number of para-hydroxylation sites is 1. The van der Waals surface area contributed by atoms with Gasteiger partial charge in [-0.3, -0.25) is 0 Å². The van der Waals surface area contributed by atoms with Gasteiger partial charge in [0.1, 0.15) is 17.3 Å². The summed E-state index contributed by atoms with van der Waals surface area (Å²) in [5.74, 6) is 0.528. The standard InChI is InChI=1S/C15H25NO3S/c1-4-11-20(17,18)14-10-8-7-9-13(14)19-12-15(16,5-2)6-3/h7-10H,4-6,11-12,16H2,1-3H3. The van der Waals surface area contributed by atoms with E-state index in [1.807, 2.05) is 20.8 Å². The second kappa shape index (κ2) is 7.09. The molecule has 0 aliphatic heterocycles. The summed E-state index contributed by atoms with van der Waals surface area (Å²) in [6.07, 6.45) is 2.15. The largest absolute Gasteiger partial charge is 0.490 e. The van der Waals surface area contributed by atoms with Crippen molar-refractivity contribution in [3.8, 4) is 5.75 Å². The molecule has 0 saturated carbocycles. The van der Waals surface area contributed by atoms with E-state index in [4.69, 9.17) is 10.5 Å². The van der Waals surface area contributed by atoms with Crippen LogP contribution in [-0.2, 0) is 9.84 Å². The second-order valence-electron chi connectivity index (χ2n) is 5.12. The monoisotopic (exact) mass is 299 g/mol. The third-order valence-corrected chi connectivity index (χ3v) is 5.53. The van der Waals surface area contributed by atoms with Crippen LogP contribution in [0.25, 0.3) is 0 Å². The number of benzene rings is 1. The molecule has 0 radical (unpaired) electrons. The Kier molecular flexibility index (Phi) is 6.02. The average Bonchev–Trinajstić information content (AvgIpc) is 2.45. The van der Waals surface area contributed by atoms with Crippen LogP contribution in [0.1, 0.15) is 40.0 Å². The molecule has 0 aromatic heterocycles. The third kappa shape index (κ3) is 4.21. The number of hydrogen-bond acceptors (Lipinski definition) is 4. The Balaban J connectivity index is 2.98. The summed E-state index contributed by atoms with van der Waals surface area (Å²) < 4.78 is 30.1. The lowest BCUT2D eigenvalue weighted by Gasteiger charge is -2.27. The molecule has 0 saturated heterocycles. The summed E-state index contributed by atoms with van der Waals surface area (Å²) in [5, 5.41) is 0. The van der Waals surface area contributed by atoms with Crippen molar-refractivity contribution in [2.24, 2.45) is 5.73 Å². The van der Waals surface area contributed by atoms with Crippen LogP contribution >= 0.6 is 0 Å². The van der Waals surface area contributed by atoms with E-state index < -0.39 is 15.4 Å². The van der Waals surface area contributed by atoms with Gasteiger partial charge in [-0.1, -0.05) is 32.9 Å². The molecule has 4 nitrogen and oxygen atoms in total. The van der Waals surface area contributed by atoms with E-state index in [1.165, 1.54) is 0 Å². The number of rotatable bonds is 8. The molecule has 1 aromatic rings. The van der Waals surface area contributed by atoms with Gasteiger partial charge in [-0.05, 0) is 31.4 Å². The van der Waals surface area contributed by atoms with Crippen LogP contribution in [0.3, 0.4) is 0 Å². The minimum absolute atomic E-state index is 0.128. The van der Waals surface area contributed by atoms with Crippen molar-refractivity contribution in [3.63, 3.8) is 0 Å². The van der Waals surface area contributed by atoms with Crippen LogP contribution in [0, 0.1) is 0 Å². The van der Waals surface area contributed by atoms with Gasteiger partial charge in [0.15, 0.2) is 9.84 Å². The zero-order chi connectivity index (χ0) is 15.2. The highest BCUT2D eigenvalue weighted by molar-refractivity contribution is 7.91. The van der Waals surface area contributed by atoms with Crippen molar-refractivity contribution in [2.45, 2.75) is 50.5 Å². The normalized spacial score (nSPS) is 12.4. The van der Waals surface area contributed by atoms with E-state index in [0.717, 1.165) is 12.8 Å². The molecule has 0 amide bonds. The molecule has 1 rings (SSSR count).